The van der Waals surface area contributed by atoms with Crippen LogP contribution in [0.25, 0.3) is 0 Å². The molecule has 4 nitrogen and oxygen atoms in total. The predicted octanol–water partition coefficient (Wildman–Crippen LogP) is 3.48. The second kappa shape index (κ2) is 6.37. The molecule has 0 aliphatic heterocycles. The van der Waals surface area contributed by atoms with E-state index in [0.717, 1.165) is 30.7 Å². The molecular formula is C17H25NO3. The second-order valence-corrected chi connectivity index (χ2v) is 6.11. The smallest absolute Gasteiger partial charge is 0.331 e. The van der Waals surface area contributed by atoms with Gasteiger partial charge in [0.2, 0.25) is 0 Å². The number of rotatable bonds is 4. The van der Waals surface area contributed by atoms with E-state index in [-0.39, 0.29) is 11.9 Å². The lowest BCUT2D eigenvalue weighted by Gasteiger charge is -2.43. The number of anilines is 1. The highest BCUT2D eigenvalue weighted by atomic mass is 16.5. The summed E-state index contributed by atoms with van der Waals surface area (Å²) in [5.41, 5.74) is 0.236. The van der Waals surface area contributed by atoms with Crippen LogP contribution in [0.4, 0.5) is 5.69 Å². The van der Waals surface area contributed by atoms with Crippen LogP contribution in [0, 0.1) is 11.8 Å². The van der Waals surface area contributed by atoms with Gasteiger partial charge in [-0.3, -0.25) is 0 Å². The van der Waals surface area contributed by atoms with Crippen LogP contribution in [0.1, 0.15) is 33.1 Å². The summed E-state index contributed by atoms with van der Waals surface area (Å²) in [6.07, 6.45) is 2.96. The zero-order valence-corrected chi connectivity index (χ0v) is 13.3. The van der Waals surface area contributed by atoms with E-state index in [1.54, 1.807) is 7.11 Å². The number of esters is 1. The first-order valence-corrected chi connectivity index (χ1v) is 7.52. The Balaban J connectivity index is 2.33. The predicted molar refractivity (Wildman–Crippen MR) is 83.5 cm³/mol. The van der Waals surface area contributed by atoms with Crippen molar-refractivity contribution in [1.29, 1.82) is 0 Å². The fourth-order valence-electron chi connectivity index (χ4n) is 3.28. The fraction of sp³-hybridized carbons (Fsp3) is 0.588. The minimum atomic E-state index is -0.654. The third-order valence-electron chi connectivity index (χ3n) is 4.59. The van der Waals surface area contributed by atoms with E-state index >= 15 is 0 Å². The molecule has 4 heteroatoms. The summed E-state index contributed by atoms with van der Waals surface area (Å²) in [4.78, 5) is 12.5. The molecule has 1 aliphatic carbocycles. The Labute approximate surface area is 126 Å². The summed E-state index contributed by atoms with van der Waals surface area (Å²) in [5, 5.41) is 3.45. The van der Waals surface area contributed by atoms with Gasteiger partial charge in [-0.05, 0) is 36.8 Å². The molecule has 3 unspecified atom stereocenters. The molecule has 2 rings (SSSR count). The van der Waals surface area contributed by atoms with Gasteiger partial charge in [-0.15, -0.1) is 0 Å². The molecule has 1 aromatic rings. The van der Waals surface area contributed by atoms with Crippen LogP contribution >= 0.6 is 0 Å². The van der Waals surface area contributed by atoms with E-state index in [1.165, 1.54) is 7.11 Å². The highest BCUT2D eigenvalue weighted by Crippen LogP contribution is 2.40. The molecule has 0 saturated heterocycles. The highest BCUT2D eigenvalue weighted by Gasteiger charge is 2.48. The number of hydrogen-bond donors (Lipinski definition) is 1. The summed E-state index contributed by atoms with van der Waals surface area (Å²) in [6, 6.07) is 7.68. The Morgan fingerprint density at radius 3 is 2.71 bits per heavy atom. The highest BCUT2D eigenvalue weighted by molar-refractivity contribution is 5.85. The topological polar surface area (TPSA) is 47.6 Å². The molecule has 1 aromatic carbocycles. The van der Waals surface area contributed by atoms with Gasteiger partial charge in [-0.25, -0.2) is 4.79 Å². The van der Waals surface area contributed by atoms with E-state index in [4.69, 9.17) is 9.47 Å². The van der Waals surface area contributed by atoms with Gasteiger partial charge < -0.3 is 14.8 Å². The van der Waals surface area contributed by atoms with Gasteiger partial charge in [0, 0.05) is 11.8 Å². The van der Waals surface area contributed by atoms with E-state index in [2.05, 4.69) is 19.2 Å². The molecule has 21 heavy (non-hydrogen) atoms. The number of hydrogen-bond acceptors (Lipinski definition) is 4. The van der Waals surface area contributed by atoms with Crippen LogP contribution in [0.15, 0.2) is 24.3 Å². The van der Waals surface area contributed by atoms with Gasteiger partial charge in [0.05, 0.1) is 14.2 Å². The summed E-state index contributed by atoms with van der Waals surface area (Å²) in [5.74, 6) is 1.33. The number of carbonyl (C=O) groups is 1. The molecule has 1 fully saturated rings. The number of carbonyl (C=O) groups excluding carboxylic acids is 1. The maximum absolute atomic E-state index is 12.5. The molecule has 1 aliphatic rings. The molecule has 0 amide bonds. The van der Waals surface area contributed by atoms with Crippen LogP contribution in [0.2, 0.25) is 0 Å². The second-order valence-electron chi connectivity index (χ2n) is 6.11. The van der Waals surface area contributed by atoms with Crippen molar-refractivity contribution < 1.29 is 14.3 Å². The zero-order valence-electron chi connectivity index (χ0n) is 13.3. The monoisotopic (exact) mass is 291 g/mol. The lowest BCUT2D eigenvalue weighted by Crippen LogP contribution is -2.55. The summed E-state index contributed by atoms with van der Waals surface area (Å²) < 4.78 is 10.4. The lowest BCUT2D eigenvalue weighted by atomic mass is 9.69. The van der Waals surface area contributed by atoms with E-state index in [0.29, 0.717) is 5.92 Å². The van der Waals surface area contributed by atoms with Crippen LogP contribution < -0.4 is 10.1 Å². The van der Waals surface area contributed by atoms with Crippen LogP contribution in [-0.2, 0) is 9.53 Å². The average Bonchev–Trinajstić information content (AvgIpc) is 2.50. The van der Waals surface area contributed by atoms with E-state index in [1.807, 2.05) is 24.3 Å². The van der Waals surface area contributed by atoms with E-state index in [9.17, 15) is 4.79 Å². The molecule has 0 radical (unpaired) electrons. The Bertz CT molecular complexity index is 503. The molecular weight excluding hydrogens is 266 g/mol. The van der Waals surface area contributed by atoms with Crippen molar-refractivity contribution in [1.82, 2.24) is 0 Å². The van der Waals surface area contributed by atoms with Crippen molar-refractivity contribution in [2.24, 2.45) is 11.8 Å². The molecule has 1 N–H and O–H groups in total. The molecule has 0 aromatic heterocycles. The maximum Gasteiger partial charge on any atom is 0.331 e. The van der Waals surface area contributed by atoms with Gasteiger partial charge in [0.15, 0.2) is 0 Å². The van der Waals surface area contributed by atoms with Gasteiger partial charge in [-0.2, -0.15) is 0 Å². The Kier molecular flexibility index (Phi) is 4.76. The molecule has 1 saturated carbocycles. The van der Waals surface area contributed by atoms with Crippen molar-refractivity contribution in [3.05, 3.63) is 24.3 Å². The van der Waals surface area contributed by atoms with Gasteiger partial charge in [0.1, 0.15) is 11.3 Å². The number of methoxy groups -OCH3 is 2. The van der Waals surface area contributed by atoms with Crippen molar-refractivity contribution in [3.8, 4) is 5.75 Å². The number of nitrogens with one attached hydrogen (secondary N) is 1. The van der Waals surface area contributed by atoms with Crippen molar-refractivity contribution in [2.75, 3.05) is 19.5 Å². The quantitative estimate of drug-likeness (QED) is 0.863. The van der Waals surface area contributed by atoms with Gasteiger partial charge in [0.25, 0.3) is 0 Å². The average molecular weight is 291 g/mol. The van der Waals surface area contributed by atoms with Crippen molar-refractivity contribution in [2.45, 2.75) is 38.6 Å². The van der Waals surface area contributed by atoms with Crippen LogP contribution in [0.3, 0.4) is 0 Å². The van der Waals surface area contributed by atoms with Crippen LogP contribution in [-0.4, -0.2) is 25.7 Å². The molecule has 0 spiro atoms. The molecule has 116 valence electrons. The zero-order chi connectivity index (χ0) is 15.5. The first-order chi connectivity index (χ1) is 10.0. The summed E-state index contributed by atoms with van der Waals surface area (Å²) >= 11 is 0. The summed E-state index contributed by atoms with van der Waals surface area (Å²) in [7, 11) is 3.10. The third kappa shape index (κ3) is 3.14. The molecule has 3 atom stereocenters. The Morgan fingerprint density at radius 2 is 2.05 bits per heavy atom. The molecule has 0 bridgehead atoms. The standard InChI is InChI=1S/C17H25NO3/c1-12-8-9-13(2)17(11-12,16(19)21-4)18-14-6-5-7-15(10-14)20-3/h5-7,10,12-13,18H,8-9,11H2,1-4H3. The lowest BCUT2D eigenvalue weighted by molar-refractivity contribution is -0.150. The Hall–Kier alpha value is -1.71. The Morgan fingerprint density at radius 1 is 1.29 bits per heavy atom. The third-order valence-corrected chi connectivity index (χ3v) is 4.59. The number of benzene rings is 1. The number of ether oxygens (including phenoxy) is 2. The fourth-order valence-corrected chi connectivity index (χ4v) is 3.28. The maximum atomic E-state index is 12.5. The summed E-state index contributed by atoms with van der Waals surface area (Å²) in [6.45, 7) is 4.31. The minimum Gasteiger partial charge on any atom is -0.497 e. The van der Waals surface area contributed by atoms with Crippen molar-refractivity contribution >= 4 is 11.7 Å². The first-order valence-electron chi connectivity index (χ1n) is 7.52. The SMILES string of the molecule is COC(=O)C1(Nc2cccc(OC)c2)CC(C)CCC1C. The van der Waals surface area contributed by atoms with E-state index < -0.39 is 5.54 Å². The minimum absolute atomic E-state index is 0.177. The largest absolute Gasteiger partial charge is 0.497 e. The van der Waals surface area contributed by atoms with Gasteiger partial charge in [-0.1, -0.05) is 26.3 Å². The first kappa shape index (κ1) is 15.7. The van der Waals surface area contributed by atoms with Crippen molar-refractivity contribution in [3.63, 3.8) is 0 Å². The molecule has 0 heterocycles. The van der Waals surface area contributed by atoms with Gasteiger partial charge >= 0.3 is 5.97 Å². The van der Waals surface area contributed by atoms with Crippen LogP contribution in [0.5, 0.6) is 5.75 Å². The normalized spacial score (nSPS) is 28.8.